The highest BCUT2D eigenvalue weighted by Crippen LogP contribution is 2.46. The molecule has 2 N–H and O–H groups in total. The third-order valence-electron chi connectivity index (χ3n) is 6.11. The summed E-state index contributed by atoms with van der Waals surface area (Å²) in [7, 11) is 0. The number of ether oxygens (including phenoxy) is 1. The number of alkyl halides is 17. The SMILES string of the molecule is CC(CCCN(CC(C)C(F)(F)F)C(C(F)(F)F)C(F)(F)C(C)OC(C)C(F)(F)C(N)(F)C(F)(F)F)C(F)(F)F. The Morgan fingerprint density at radius 2 is 1.05 bits per heavy atom. The molecule has 40 heavy (non-hydrogen) atoms. The average molecular weight is 634 g/mol. The summed E-state index contributed by atoms with van der Waals surface area (Å²) >= 11 is 0. The summed E-state index contributed by atoms with van der Waals surface area (Å²) in [4.78, 5) is -0.554. The van der Waals surface area contributed by atoms with Crippen molar-refractivity contribution in [1.82, 2.24) is 4.90 Å². The van der Waals surface area contributed by atoms with Crippen LogP contribution < -0.4 is 5.73 Å². The van der Waals surface area contributed by atoms with Gasteiger partial charge >= 0.3 is 36.4 Å². The number of halogens is 17. The third-order valence-corrected chi connectivity index (χ3v) is 6.11. The number of hydrogen-bond donors (Lipinski definition) is 1. The van der Waals surface area contributed by atoms with Crippen molar-refractivity contribution in [3.8, 4) is 0 Å². The van der Waals surface area contributed by atoms with E-state index in [0.29, 0.717) is 6.92 Å². The molecular formula is C20H27F17N2O. The summed E-state index contributed by atoms with van der Waals surface area (Å²) in [6.45, 7) is -2.61. The maximum Gasteiger partial charge on any atom is 0.442 e. The zero-order valence-electron chi connectivity index (χ0n) is 21.1. The second kappa shape index (κ2) is 12.5. The van der Waals surface area contributed by atoms with Crippen LogP contribution in [0.25, 0.3) is 0 Å². The van der Waals surface area contributed by atoms with Crippen LogP contribution >= 0.6 is 0 Å². The molecule has 0 aliphatic rings. The van der Waals surface area contributed by atoms with Crippen molar-refractivity contribution in [2.75, 3.05) is 13.1 Å². The van der Waals surface area contributed by atoms with Gasteiger partial charge in [-0.15, -0.1) is 0 Å². The molecule has 242 valence electrons. The molecule has 0 fully saturated rings. The first kappa shape index (κ1) is 38.7. The molecular weight excluding hydrogens is 607 g/mol. The lowest BCUT2D eigenvalue weighted by Gasteiger charge is -2.42. The largest absolute Gasteiger partial charge is 0.442 e. The third kappa shape index (κ3) is 9.35. The molecule has 0 bridgehead atoms. The Labute approximate surface area is 217 Å². The minimum absolute atomic E-state index is 0.0492. The normalized spacial score (nSPS) is 20.2. The van der Waals surface area contributed by atoms with Gasteiger partial charge in [-0.3, -0.25) is 10.6 Å². The summed E-state index contributed by atoms with van der Waals surface area (Å²) in [5.41, 5.74) is 3.96. The lowest BCUT2D eigenvalue weighted by molar-refractivity contribution is -0.336. The van der Waals surface area contributed by atoms with Gasteiger partial charge in [-0.1, -0.05) is 13.8 Å². The van der Waals surface area contributed by atoms with Crippen LogP contribution in [0.3, 0.4) is 0 Å². The first-order chi connectivity index (χ1) is 17.3. The van der Waals surface area contributed by atoms with Gasteiger partial charge in [0.25, 0.3) is 5.92 Å². The molecule has 6 unspecified atom stereocenters. The highest BCUT2D eigenvalue weighted by Gasteiger charge is 2.72. The van der Waals surface area contributed by atoms with E-state index in [9.17, 15) is 65.9 Å². The van der Waals surface area contributed by atoms with Crippen molar-refractivity contribution in [3.63, 3.8) is 0 Å². The van der Waals surface area contributed by atoms with Crippen molar-refractivity contribution >= 4 is 0 Å². The molecule has 0 aliphatic carbocycles. The number of nitrogens with zero attached hydrogens (tertiary/aromatic N) is 1. The van der Waals surface area contributed by atoms with Crippen molar-refractivity contribution < 1.29 is 79.4 Å². The Kier molecular flexibility index (Phi) is 12.1. The molecule has 0 aromatic carbocycles. The van der Waals surface area contributed by atoms with Crippen LogP contribution in [0, 0.1) is 11.8 Å². The van der Waals surface area contributed by atoms with E-state index < -0.39 is 103 Å². The van der Waals surface area contributed by atoms with Crippen LogP contribution in [0.4, 0.5) is 74.6 Å². The Morgan fingerprint density at radius 1 is 0.625 bits per heavy atom. The van der Waals surface area contributed by atoms with Gasteiger partial charge in [0.1, 0.15) is 12.2 Å². The van der Waals surface area contributed by atoms with E-state index >= 15 is 8.78 Å². The topological polar surface area (TPSA) is 38.5 Å². The minimum atomic E-state index is -6.51. The summed E-state index contributed by atoms with van der Waals surface area (Å²) in [5, 5.41) is 0. The summed E-state index contributed by atoms with van der Waals surface area (Å²) in [6.07, 6.45) is -31.9. The Hall–Kier alpha value is -1.31. The van der Waals surface area contributed by atoms with Gasteiger partial charge in [0.05, 0.1) is 11.8 Å². The lowest BCUT2D eigenvalue weighted by Crippen LogP contribution is -2.67. The van der Waals surface area contributed by atoms with Crippen LogP contribution in [0.5, 0.6) is 0 Å². The zero-order chi connectivity index (χ0) is 32.5. The number of hydrogen-bond acceptors (Lipinski definition) is 3. The second-order valence-corrected chi connectivity index (χ2v) is 9.39. The van der Waals surface area contributed by atoms with Gasteiger partial charge in [-0.25, -0.2) is 13.2 Å². The smallest absolute Gasteiger partial charge is 0.363 e. The fraction of sp³-hybridized carbons (Fsp3) is 1.00. The Bertz CT molecular complexity index is 788. The molecule has 0 amide bonds. The predicted octanol–water partition coefficient (Wildman–Crippen LogP) is 7.65. The van der Waals surface area contributed by atoms with Crippen molar-refractivity contribution in [3.05, 3.63) is 0 Å². The fourth-order valence-electron chi connectivity index (χ4n) is 3.40. The highest BCUT2D eigenvalue weighted by molar-refractivity contribution is 5.01. The van der Waals surface area contributed by atoms with Gasteiger partial charge in [0.2, 0.25) is 0 Å². The molecule has 0 saturated carbocycles. The van der Waals surface area contributed by atoms with Gasteiger partial charge in [0, 0.05) is 6.54 Å². The molecule has 0 spiro atoms. The summed E-state index contributed by atoms with van der Waals surface area (Å²) < 4.78 is 233. The number of rotatable bonds is 13. The van der Waals surface area contributed by atoms with E-state index in [0.717, 1.165) is 0 Å². The van der Waals surface area contributed by atoms with E-state index in [1.807, 2.05) is 0 Å². The quantitative estimate of drug-likeness (QED) is 0.167. The van der Waals surface area contributed by atoms with Crippen LogP contribution in [-0.2, 0) is 4.74 Å². The van der Waals surface area contributed by atoms with E-state index in [-0.39, 0.29) is 20.8 Å². The standard InChI is InChI=1S/C20H27F17N2O/c1-9(16(25,26)27)6-5-7-39(8-10(2)17(28,29)30)13(18(31,32)33)14(21,22)11(3)40-12(4)15(23,24)19(34,38)20(35,36)37/h9-13H,5-8,38H2,1-4H3. The first-order valence-electron chi connectivity index (χ1n) is 11.2. The molecule has 0 rings (SSSR count). The van der Waals surface area contributed by atoms with Crippen LogP contribution in [-0.4, -0.2) is 78.6 Å². The molecule has 3 nitrogen and oxygen atoms in total. The average Bonchev–Trinajstić information content (AvgIpc) is 2.69. The molecule has 6 atom stereocenters. The molecule has 0 saturated heterocycles. The molecule has 0 aromatic heterocycles. The van der Waals surface area contributed by atoms with Crippen molar-refractivity contribution in [2.45, 2.75) is 101 Å². The molecule has 20 heteroatoms. The monoisotopic (exact) mass is 634 g/mol. The van der Waals surface area contributed by atoms with Crippen molar-refractivity contribution in [1.29, 1.82) is 0 Å². The van der Waals surface area contributed by atoms with E-state index in [1.165, 1.54) is 0 Å². The van der Waals surface area contributed by atoms with Gasteiger partial charge in [-0.05, 0) is 33.2 Å². The zero-order valence-corrected chi connectivity index (χ0v) is 21.1. The maximum absolute atomic E-state index is 15.1. The molecule has 0 heterocycles. The van der Waals surface area contributed by atoms with Gasteiger partial charge in [0.15, 0.2) is 6.04 Å². The van der Waals surface area contributed by atoms with E-state index in [2.05, 4.69) is 10.5 Å². The molecule has 0 radical (unpaired) electrons. The predicted molar refractivity (Wildman–Crippen MR) is 105 cm³/mol. The van der Waals surface area contributed by atoms with Crippen LogP contribution in [0.1, 0.15) is 40.5 Å². The summed E-state index contributed by atoms with van der Waals surface area (Å²) in [6, 6.07) is -4.31. The highest BCUT2D eigenvalue weighted by atomic mass is 19.4. The number of nitrogens with two attached hydrogens (primary N) is 1. The lowest BCUT2D eigenvalue weighted by atomic mass is 9.98. The second-order valence-electron chi connectivity index (χ2n) is 9.39. The Balaban J connectivity index is 6.38. The first-order valence-corrected chi connectivity index (χ1v) is 11.2. The van der Waals surface area contributed by atoms with E-state index in [1.54, 1.807) is 0 Å². The molecule has 0 aromatic rings. The maximum atomic E-state index is 15.1. The summed E-state index contributed by atoms with van der Waals surface area (Å²) in [5.74, 6) is -22.2. The van der Waals surface area contributed by atoms with E-state index in [4.69, 9.17) is 0 Å². The fourth-order valence-corrected chi connectivity index (χ4v) is 3.40. The van der Waals surface area contributed by atoms with Crippen LogP contribution in [0.2, 0.25) is 0 Å². The minimum Gasteiger partial charge on any atom is -0.363 e. The molecule has 0 aliphatic heterocycles. The van der Waals surface area contributed by atoms with Gasteiger partial charge < -0.3 is 4.74 Å². The Morgan fingerprint density at radius 3 is 1.40 bits per heavy atom. The van der Waals surface area contributed by atoms with Gasteiger partial charge in [-0.2, -0.15) is 61.5 Å². The van der Waals surface area contributed by atoms with Crippen molar-refractivity contribution in [2.24, 2.45) is 17.6 Å². The van der Waals surface area contributed by atoms with Crippen LogP contribution in [0.15, 0.2) is 0 Å².